The van der Waals surface area contributed by atoms with E-state index in [-0.39, 0.29) is 9.80 Å². The van der Waals surface area contributed by atoms with Crippen LogP contribution in [-0.2, 0) is 9.84 Å². The third-order valence-corrected chi connectivity index (χ3v) is 4.42. The zero-order chi connectivity index (χ0) is 12.3. The van der Waals surface area contributed by atoms with Crippen LogP contribution < -0.4 is 0 Å². The molecule has 0 amide bonds. The number of allylic oxidation sites excluding steroid dienone is 2. The molecule has 90 valence electrons. The summed E-state index contributed by atoms with van der Waals surface area (Å²) < 4.78 is 24.5. The van der Waals surface area contributed by atoms with Crippen LogP contribution >= 0.6 is 0 Å². The lowest BCUT2D eigenvalue weighted by Gasteiger charge is -2.06. The molecule has 3 nitrogen and oxygen atoms in total. The molecule has 0 heterocycles. The number of hydrogen-bond donors (Lipinski definition) is 1. The van der Waals surface area contributed by atoms with Gasteiger partial charge in [-0.1, -0.05) is 24.3 Å². The van der Waals surface area contributed by atoms with Crippen molar-refractivity contribution in [1.29, 1.82) is 0 Å². The fraction of sp³-hybridized carbons (Fsp3) is 0.231. The average molecular weight is 250 g/mol. The quantitative estimate of drug-likeness (QED) is 0.874. The Morgan fingerprint density at radius 1 is 1.18 bits per heavy atom. The van der Waals surface area contributed by atoms with Gasteiger partial charge in [-0.25, -0.2) is 8.42 Å². The zero-order valence-corrected chi connectivity index (χ0v) is 10.1. The average Bonchev–Trinajstić information content (AvgIpc) is 2.55. The lowest BCUT2D eigenvalue weighted by molar-refractivity contribution is 0.214. The summed E-state index contributed by atoms with van der Waals surface area (Å²) in [7, 11) is -3.50. The van der Waals surface area contributed by atoms with Crippen molar-refractivity contribution in [1.82, 2.24) is 0 Å². The van der Waals surface area contributed by atoms with Crippen LogP contribution in [0.25, 0.3) is 0 Å². The third-order valence-electron chi connectivity index (χ3n) is 2.63. The molecule has 4 heteroatoms. The number of hydrogen-bond acceptors (Lipinski definition) is 3. The second-order valence-corrected chi connectivity index (χ2v) is 5.88. The molecule has 0 unspecified atom stereocenters. The minimum absolute atomic E-state index is 0.175. The largest absolute Gasteiger partial charge is 0.389 e. The van der Waals surface area contributed by atoms with Crippen LogP contribution in [0.5, 0.6) is 0 Å². The predicted octanol–water partition coefficient (Wildman–Crippen LogP) is 2.06. The highest BCUT2D eigenvalue weighted by Gasteiger charge is 2.20. The van der Waals surface area contributed by atoms with Crippen LogP contribution in [0, 0.1) is 0 Å². The van der Waals surface area contributed by atoms with Crippen LogP contribution in [0.15, 0.2) is 58.4 Å². The molecule has 0 radical (unpaired) electrons. The summed E-state index contributed by atoms with van der Waals surface area (Å²) in [6, 6.07) is 8.25. The van der Waals surface area contributed by atoms with Gasteiger partial charge in [0.05, 0.1) is 15.9 Å². The van der Waals surface area contributed by atoms with Crippen molar-refractivity contribution in [3.05, 3.63) is 53.5 Å². The van der Waals surface area contributed by atoms with Crippen LogP contribution in [0.4, 0.5) is 0 Å². The van der Waals surface area contributed by atoms with E-state index in [2.05, 4.69) is 0 Å². The van der Waals surface area contributed by atoms with Gasteiger partial charge in [-0.3, -0.25) is 0 Å². The van der Waals surface area contributed by atoms with Gasteiger partial charge < -0.3 is 5.11 Å². The Morgan fingerprint density at radius 2 is 1.88 bits per heavy atom. The van der Waals surface area contributed by atoms with Crippen LogP contribution in [0.2, 0.25) is 0 Å². The maximum Gasteiger partial charge on any atom is 0.206 e. The van der Waals surface area contributed by atoms with E-state index in [0.717, 1.165) is 0 Å². The molecule has 0 aromatic heterocycles. The first-order valence-electron chi connectivity index (χ1n) is 5.47. The molecule has 1 aliphatic carbocycles. The summed E-state index contributed by atoms with van der Waals surface area (Å²) in [4.78, 5) is 0.429. The van der Waals surface area contributed by atoms with Crippen LogP contribution in [0.3, 0.4) is 0 Å². The molecule has 1 aromatic carbocycles. The maximum absolute atomic E-state index is 12.3. The number of sulfone groups is 1. The highest BCUT2D eigenvalue weighted by Crippen LogP contribution is 2.23. The molecule has 1 aromatic rings. The molecule has 0 saturated carbocycles. The highest BCUT2D eigenvalue weighted by atomic mass is 32.2. The van der Waals surface area contributed by atoms with E-state index in [1.54, 1.807) is 42.5 Å². The lowest BCUT2D eigenvalue weighted by atomic mass is 10.2. The van der Waals surface area contributed by atoms with Crippen LogP contribution in [0.1, 0.15) is 12.8 Å². The standard InChI is InChI=1S/C13H14O3S/c14-11-6-4-5-9-13(10-11)17(15,16)12-7-2-1-3-8-12/h1-3,5,7-11,14H,4,6H2/t11-/m0/s1. The monoisotopic (exact) mass is 250 g/mol. The smallest absolute Gasteiger partial charge is 0.206 e. The minimum Gasteiger partial charge on any atom is -0.389 e. The Kier molecular flexibility index (Phi) is 3.45. The van der Waals surface area contributed by atoms with Crippen molar-refractivity contribution in [2.75, 3.05) is 0 Å². The molecular weight excluding hydrogens is 236 g/mol. The molecule has 0 fully saturated rings. The van der Waals surface area contributed by atoms with Gasteiger partial charge >= 0.3 is 0 Å². The van der Waals surface area contributed by atoms with Gasteiger partial charge in [-0.05, 0) is 37.1 Å². The van der Waals surface area contributed by atoms with E-state index in [4.69, 9.17) is 0 Å². The first-order valence-corrected chi connectivity index (χ1v) is 6.95. The van der Waals surface area contributed by atoms with Crippen molar-refractivity contribution in [2.24, 2.45) is 0 Å². The minimum atomic E-state index is -3.50. The summed E-state index contributed by atoms with van der Waals surface area (Å²) >= 11 is 0. The Bertz CT molecular complexity index is 541. The Morgan fingerprint density at radius 3 is 2.59 bits per heavy atom. The highest BCUT2D eigenvalue weighted by molar-refractivity contribution is 7.95. The van der Waals surface area contributed by atoms with Gasteiger partial charge in [0.1, 0.15) is 0 Å². The third kappa shape index (κ3) is 2.65. The summed E-state index contributed by atoms with van der Waals surface area (Å²) in [6.45, 7) is 0. The van der Waals surface area contributed by atoms with E-state index in [0.29, 0.717) is 12.8 Å². The molecule has 0 aliphatic heterocycles. The van der Waals surface area contributed by atoms with Crippen molar-refractivity contribution in [2.45, 2.75) is 23.8 Å². The van der Waals surface area contributed by atoms with Gasteiger partial charge in [-0.2, -0.15) is 0 Å². The molecule has 2 rings (SSSR count). The van der Waals surface area contributed by atoms with E-state index in [1.165, 1.54) is 6.08 Å². The Hall–Kier alpha value is -1.39. The lowest BCUT2D eigenvalue weighted by Crippen LogP contribution is -2.07. The molecule has 1 atom stereocenters. The molecule has 0 saturated heterocycles. The first kappa shape index (κ1) is 12.1. The fourth-order valence-corrected chi connectivity index (χ4v) is 3.11. The number of aliphatic hydroxyl groups is 1. The van der Waals surface area contributed by atoms with Crippen molar-refractivity contribution >= 4 is 9.84 Å². The van der Waals surface area contributed by atoms with Crippen molar-refractivity contribution in [3.63, 3.8) is 0 Å². The molecule has 0 bridgehead atoms. The SMILES string of the molecule is O=S(=O)(C1=C[C@@H](O)CCC=C1)c1ccccc1. The number of benzene rings is 1. The Labute approximate surface area is 101 Å². The van der Waals surface area contributed by atoms with E-state index in [9.17, 15) is 13.5 Å². The second-order valence-electron chi connectivity index (χ2n) is 3.93. The van der Waals surface area contributed by atoms with Crippen molar-refractivity contribution < 1.29 is 13.5 Å². The van der Waals surface area contributed by atoms with E-state index in [1.807, 2.05) is 0 Å². The molecule has 0 spiro atoms. The normalized spacial score (nSPS) is 20.8. The summed E-state index contributed by atoms with van der Waals surface area (Å²) in [6.07, 6.45) is 5.31. The van der Waals surface area contributed by atoms with E-state index < -0.39 is 15.9 Å². The first-order chi connectivity index (χ1) is 8.10. The molecule has 1 aliphatic rings. The second kappa shape index (κ2) is 4.85. The predicted molar refractivity (Wildman–Crippen MR) is 66.1 cm³/mol. The number of aliphatic hydroxyl groups excluding tert-OH is 1. The maximum atomic E-state index is 12.3. The topological polar surface area (TPSA) is 54.4 Å². The molecular formula is C13H14O3S. The molecule has 17 heavy (non-hydrogen) atoms. The van der Waals surface area contributed by atoms with Gasteiger partial charge in [0.2, 0.25) is 9.84 Å². The van der Waals surface area contributed by atoms with Gasteiger partial charge in [0, 0.05) is 0 Å². The van der Waals surface area contributed by atoms with Gasteiger partial charge in [-0.15, -0.1) is 0 Å². The Balaban J connectivity index is 2.45. The molecule has 1 N–H and O–H groups in total. The number of rotatable bonds is 2. The zero-order valence-electron chi connectivity index (χ0n) is 9.28. The van der Waals surface area contributed by atoms with Crippen molar-refractivity contribution in [3.8, 4) is 0 Å². The summed E-state index contributed by atoms with van der Waals surface area (Å²) in [5.41, 5.74) is 0. The van der Waals surface area contributed by atoms with Gasteiger partial charge in [0.25, 0.3) is 0 Å². The summed E-state index contributed by atoms with van der Waals surface area (Å²) in [5.74, 6) is 0. The van der Waals surface area contributed by atoms with E-state index >= 15 is 0 Å². The van der Waals surface area contributed by atoms with Gasteiger partial charge in [0.15, 0.2) is 0 Å². The van der Waals surface area contributed by atoms with Crippen LogP contribution in [-0.4, -0.2) is 19.6 Å². The summed E-state index contributed by atoms with van der Waals surface area (Å²) in [5, 5.41) is 9.59. The fourth-order valence-electron chi connectivity index (χ4n) is 1.71.